The van der Waals surface area contributed by atoms with Crippen LogP contribution in [0.3, 0.4) is 0 Å². The fraction of sp³-hybridized carbons (Fsp3) is 0.286. The van der Waals surface area contributed by atoms with Gasteiger partial charge in [0.05, 0.1) is 0 Å². The Morgan fingerprint density at radius 3 is 2.57 bits per heavy atom. The van der Waals surface area contributed by atoms with Crippen molar-refractivity contribution >= 4 is 29.2 Å². The molecule has 0 bridgehead atoms. The highest BCUT2D eigenvalue weighted by atomic mass is 16.2. The second-order valence-electron chi connectivity index (χ2n) is 6.79. The third-order valence-electron chi connectivity index (χ3n) is 4.66. The maximum Gasteiger partial charge on any atom is 0.321 e. The largest absolute Gasteiger partial charge is 0.374 e. The molecule has 2 aromatic rings. The Labute approximate surface area is 164 Å². The van der Waals surface area contributed by atoms with Crippen LogP contribution < -0.4 is 20.9 Å². The molecule has 0 aliphatic carbocycles. The van der Waals surface area contributed by atoms with Crippen molar-refractivity contribution in [3.05, 3.63) is 59.7 Å². The fourth-order valence-electron chi connectivity index (χ4n) is 3.18. The molecule has 0 saturated heterocycles. The van der Waals surface area contributed by atoms with E-state index < -0.39 is 18.0 Å². The highest BCUT2D eigenvalue weighted by molar-refractivity contribution is 5.98. The van der Waals surface area contributed by atoms with Crippen LogP contribution in [0.4, 0.5) is 16.2 Å². The number of hydrogen-bond donors (Lipinski definition) is 3. The molecule has 146 valence electrons. The Balaban J connectivity index is 1.51. The summed E-state index contributed by atoms with van der Waals surface area (Å²) in [6.45, 7) is 4.26. The molecule has 1 aliphatic heterocycles. The van der Waals surface area contributed by atoms with Crippen molar-refractivity contribution in [1.29, 1.82) is 0 Å². The van der Waals surface area contributed by atoms with E-state index in [1.165, 1.54) is 0 Å². The van der Waals surface area contributed by atoms with Gasteiger partial charge in [0.1, 0.15) is 6.04 Å². The molecule has 0 aromatic heterocycles. The van der Waals surface area contributed by atoms with E-state index in [1.807, 2.05) is 48.5 Å². The van der Waals surface area contributed by atoms with Crippen molar-refractivity contribution < 1.29 is 14.4 Å². The summed E-state index contributed by atoms with van der Waals surface area (Å²) in [5.41, 5.74) is 3.70. The van der Waals surface area contributed by atoms with Gasteiger partial charge in [-0.15, -0.1) is 0 Å². The lowest BCUT2D eigenvalue weighted by atomic mass is 10.1. The highest BCUT2D eigenvalue weighted by Crippen LogP contribution is 2.30. The number of urea groups is 1. The number of nitrogens with one attached hydrogen (secondary N) is 3. The van der Waals surface area contributed by atoms with Crippen LogP contribution in [0.5, 0.6) is 0 Å². The first-order valence-corrected chi connectivity index (χ1v) is 9.24. The summed E-state index contributed by atoms with van der Waals surface area (Å²) in [5, 5.41) is 8.10. The normalized spacial score (nSPS) is 13.4. The number of anilines is 2. The first kappa shape index (κ1) is 19.4. The van der Waals surface area contributed by atoms with Gasteiger partial charge in [-0.25, -0.2) is 4.79 Å². The lowest BCUT2D eigenvalue weighted by molar-refractivity contribution is -0.120. The predicted octanol–water partition coefficient (Wildman–Crippen LogP) is 2.42. The van der Waals surface area contributed by atoms with E-state index in [1.54, 1.807) is 18.7 Å². The fourth-order valence-corrected chi connectivity index (χ4v) is 3.18. The van der Waals surface area contributed by atoms with Crippen LogP contribution in [0.25, 0.3) is 0 Å². The number of amides is 4. The summed E-state index contributed by atoms with van der Waals surface area (Å²) < 4.78 is 0. The lowest BCUT2D eigenvalue weighted by Crippen LogP contribution is -2.45. The molecule has 1 aliphatic rings. The quantitative estimate of drug-likeness (QED) is 0.743. The van der Waals surface area contributed by atoms with Crippen LogP contribution in [0, 0.1) is 0 Å². The number of nitrogens with zero attached hydrogens (tertiary/aromatic N) is 1. The van der Waals surface area contributed by atoms with Gasteiger partial charge in [0.2, 0.25) is 11.8 Å². The second-order valence-corrected chi connectivity index (χ2v) is 6.79. The van der Waals surface area contributed by atoms with Crippen LogP contribution in [-0.4, -0.2) is 30.4 Å². The highest BCUT2D eigenvalue weighted by Gasteiger charge is 2.23. The van der Waals surface area contributed by atoms with Crippen molar-refractivity contribution in [2.24, 2.45) is 0 Å². The summed E-state index contributed by atoms with van der Waals surface area (Å²) in [4.78, 5) is 37.6. The lowest BCUT2D eigenvalue weighted by Gasteiger charge is -2.17. The van der Waals surface area contributed by atoms with Gasteiger partial charge >= 0.3 is 6.03 Å². The second kappa shape index (κ2) is 8.56. The van der Waals surface area contributed by atoms with E-state index in [-0.39, 0.29) is 5.91 Å². The van der Waals surface area contributed by atoms with Crippen molar-refractivity contribution in [1.82, 2.24) is 10.6 Å². The van der Waals surface area contributed by atoms with Gasteiger partial charge in [0, 0.05) is 31.4 Å². The molecule has 3 N–H and O–H groups in total. The number of carbonyl (C=O) groups is 3. The zero-order chi connectivity index (χ0) is 20.1. The van der Waals surface area contributed by atoms with Crippen molar-refractivity contribution in [3.8, 4) is 0 Å². The Morgan fingerprint density at radius 1 is 1.11 bits per heavy atom. The summed E-state index contributed by atoms with van der Waals surface area (Å²) in [6.07, 6.45) is 0.785. The van der Waals surface area contributed by atoms with E-state index >= 15 is 0 Å². The number of hydrogen-bond acceptors (Lipinski definition) is 4. The summed E-state index contributed by atoms with van der Waals surface area (Å²) in [6, 6.07) is 14.0. The third kappa shape index (κ3) is 4.68. The maximum absolute atomic E-state index is 12.3. The average molecular weight is 380 g/mol. The number of fused-ring (bicyclic) bond motifs is 1. The minimum absolute atomic E-state index is 0.0220. The molecule has 1 unspecified atom stereocenters. The molecule has 2 aromatic carbocycles. The van der Waals surface area contributed by atoms with E-state index in [9.17, 15) is 14.4 Å². The predicted molar refractivity (Wildman–Crippen MR) is 108 cm³/mol. The third-order valence-corrected chi connectivity index (χ3v) is 4.66. The molecule has 0 fully saturated rings. The van der Waals surface area contributed by atoms with E-state index in [4.69, 9.17) is 0 Å². The number of rotatable bonds is 5. The zero-order valence-corrected chi connectivity index (χ0v) is 16.0. The molecule has 1 heterocycles. The van der Waals surface area contributed by atoms with Crippen LogP contribution in [0.1, 0.15) is 25.0 Å². The van der Waals surface area contributed by atoms with Crippen molar-refractivity contribution in [3.63, 3.8) is 0 Å². The minimum atomic E-state index is -0.592. The molecule has 0 saturated carbocycles. The van der Waals surface area contributed by atoms with Gasteiger partial charge in [0.15, 0.2) is 0 Å². The molecular formula is C21H24N4O3. The Bertz CT molecular complexity index is 882. The summed E-state index contributed by atoms with van der Waals surface area (Å²) in [7, 11) is 0. The topological polar surface area (TPSA) is 90.5 Å². The van der Waals surface area contributed by atoms with Crippen LogP contribution >= 0.6 is 0 Å². The number of benzene rings is 2. The molecule has 1 atom stereocenters. The van der Waals surface area contributed by atoms with E-state index in [0.29, 0.717) is 13.1 Å². The monoisotopic (exact) mass is 380 g/mol. The molecule has 4 amide bonds. The van der Waals surface area contributed by atoms with Crippen LogP contribution in [0.15, 0.2) is 48.5 Å². The molecule has 0 spiro atoms. The van der Waals surface area contributed by atoms with Gasteiger partial charge in [-0.2, -0.15) is 0 Å². The Kier molecular flexibility index (Phi) is 5.93. The van der Waals surface area contributed by atoms with Gasteiger partial charge in [-0.1, -0.05) is 30.3 Å². The average Bonchev–Trinajstić information content (AvgIpc) is 3.10. The van der Waals surface area contributed by atoms with Gasteiger partial charge in [-0.3, -0.25) is 14.9 Å². The molecule has 0 radical (unpaired) electrons. The van der Waals surface area contributed by atoms with Crippen LogP contribution in [-0.2, 0) is 22.6 Å². The Morgan fingerprint density at radius 2 is 1.86 bits per heavy atom. The van der Waals surface area contributed by atoms with E-state index in [2.05, 4.69) is 16.0 Å². The molecule has 3 rings (SSSR count). The number of carbonyl (C=O) groups excluding carboxylic acids is 3. The molecular weight excluding hydrogens is 356 g/mol. The smallest absolute Gasteiger partial charge is 0.321 e. The maximum atomic E-state index is 12.3. The first-order valence-electron chi connectivity index (χ1n) is 9.24. The molecule has 28 heavy (non-hydrogen) atoms. The SMILES string of the molecule is CC(=O)N1CCc2cc(NC(C)C(=O)NC(=O)NCc3ccccc3)ccc21. The minimum Gasteiger partial charge on any atom is -0.374 e. The summed E-state index contributed by atoms with van der Waals surface area (Å²) >= 11 is 0. The van der Waals surface area contributed by atoms with E-state index in [0.717, 1.165) is 28.9 Å². The van der Waals surface area contributed by atoms with Crippen molar-refractivity contribution in [2.45, 2.75) is 32.9 Å². The summed E-state index contributed by atoms with van der Waals surface area (Å²) in [5.74, 6) is -0.398. The molecule has 7 nitrogen and oxygen atoms in total. The molecule has 7 heteroatoms. The zero-order valence-electron chi connectivity index (χ0n) is 16.0. The Hall–Kier alpha value is -3.35. The van der Waals surface area contributed by atoms with Gasteiger partial charge in [-0.05, 0) is 42.7 Å². The van der Waals surface area contributed by atoms with Gasteiger partial charge < -0.3 is 15.5 Å². The van der Waals surface area contributed by atoms with Crippen LogP contribution in [0.2, 0.25) is 0 Å². The number of imide groups is 1. The first-order chi connectivity index (χ1) is 13.4. The van der Waals surface area contributed by atoms with Gasteiger partial charge in [0.25, 0.3) is 0 Å². The van der Waals surface area contributed by atoms with Crippen molar-refractivity contribution in [2.75, 3.05) is 16.8 Å². The standard InChI is InChI=1S/C21H24N4O3/c1-14(20(27)24-21(28)22-13-16-6-4-3-5-7-16)23-18-8-9-19-17(12-18)10-11-25(19)15(2)26/h3-9,12,14,23H,10-11,13H2,1-2H3,(H2,22,24,27,28).